The molecule has 1 aliphatic rings. The standard InChI is InChI=1S/C6H11NO3/c7-4-1-2-5(6(8)9)10-3-4/h4-5H,1-3,7H2,(H,8,9)/t4-,5+/m1/s1. The lowest BCUT2D eigenvalue weighted by atomic mass is 10.1. The highest BCUT2D eigenvalue weighted by molar-refractivity contribution is 5.72. The number of carboxylic acid groups (broad SMARTS) is 1. The van der Waals surface area contributed by atoms with Crippen LogP contribution >= 0.6 is 0 Å². The van der Waals surface area contributed by atoms with Crippen molar-refractivity contribution in [3.05, 3.63) is 0 Å². The summed E-state index contributed by atoms with van der Waals surface area (Å²) < 4.78 is 4.93. The number of hydrogen-bond donors (Lipinski definition) is 2. The summed E-state index contributed by atoms with van der Waals surface area (Å²) in [7, 11) is 0. The van der Waals surface area contributed by atoms with Crippen molar-refractivity contribution >= 4 is 5.97 Å². The molecule has 1 saturated heterocycles. The van der Waals surface area contributed by atoms with Crippen LogP contribution in [-0.2, 0) is 9.53 Å². The van der Waals surface area contributed by atoms with Crippen molar-refractivity contribution in [2.45, 2.75) is 25.0 Å². The molecule has 1 aliphatic heterocycles. The van der Waals surface area contributed by atoms with E-state index in [4.69, 9.17) is 15.6 Å². The number of rotatable bonds is 1. The summed E-state index contributed by atoms with van der Waals surface area (Å²) >= 11 is 0. The van der Waals surface area contributed by atoms with E-state index in [1.165, 1.54) is 0 Å². The van der Waals surface area contributed by atoms with Crippen LogP contribution in [0.15, 0.2) is 0 Å². The molecule has 58 valence electrons. The number of ether oxygens (including phenoxy) is 1. The molecule has 10 heavy (non-hydrogen) atoms. The summed E-state index contributed by atoms with van der Waals surface area (Å²) in [6.45, 7) is 0.372. The van der Waals surface area contributed by atoms with Gasteiger partial charge in [0.1, 0.15) is 0 Å². The van der Waals surface area contributed by atoms with Crippen molar-refractivity contribution in [2.75, 3.05) is 6.61 Å². The lowest BCUT2D eigenvalue weighted by Gasteiger charge is -2.23. The summed E-state index contributed by atoms with van der Waals surface area (Å²) in [6, 6.07) is 0.0237. The van der Waals surface area contributed by atoms with Gasteiger partial charge in [-0.1, -0.05) is 0 Å². The van der Waals surface area contributed by atoms with Crippen LogP contribution in [0.4, 0.5) is 0 Å². The molecule has 2 atom stereocenters. The Morgan fingerprint density at radius 2 is 2.30 bits per heavy atom. The Bertz CT molecular complexity index is 129. The normalized spacial score (nSPS) is 33.7. The molecule has 3 N–H and O–H groups in total. The molecule has 0 aromatic carbocycles. The topological polar surface area (TPSA) is 72.6 Å². The molecule has 0 aromatic heterocycles. The summed E-state index contributed by atoms with van der Waals surface area (Å²) in [5.74, 6) is -0.882. The number of aliphatic carboxylic acids is 1. The SMILES string of the molecule is N[C@@H]1CC[C@@H](C(=O)O)OC1. The minimum absolute atomic E-state index is 0.0237. The van der Waals surface area contributed by atoms with E-state index in [1.807, 2.05) is 0 Å². The van der Waals surface area contributed by atoms with Gasteiger partial charge in [-0.2, -0.15) is 0 Å². The maximum Gasteiger partial charge on any atom is 0.332 e. The zero-order chi connectivity index (χ0) is 7.56. The highest BCUT2D eigenvalue weighted by atomic mass is 16.5. The maximum atomic E-state index is 10.3. The molecule has 0 saturated carbocycles. The van der Waals surface area contributed by atoms with Gasteiger partial charge in [0.15, 0.2) is 6.10 Å². The Labute approximate surface area is 59.0 Å². The lowest BCUT2D eigenvalue weighted by molar-refractivity contribution is -0.153. The van der Waals surface area contributed by atoms with Crippen molar-refractivity contribution < 1.29 is 14.6 Å². The second-order valence-electron chi connectivity index (χ2n) is 2.50. The fraction of sp³-hybridized carbons (Fsp3) is 0.833. The number of hydrogen-bond acceptors (Lipinski definition) is 3. The number of carbonyl (C=O) groups is 1. The predicted octanol–water partition coefficient (Wildman–Crippen LogP) is -0.423. The third-order valence-electron chi connectivity index (χ3n) is 1.59. The van der Waals surface area contributed by atoms with Gasteiger partial charge in [0.05, 0.1) is 6.61 Å². The molecule has 1 fully saturated rings. The summed E-state index contributed by atoms with van der Waals surface area (Å²) in [6.07, 6.45) is 0.660. The van der Waals surface area contributed by atoms with E-state index in [2.05, 4.69) is 0 Å². The third-order valence-corrected chi connectivity index (χ3v) is 1.59. The molecule has 4 heteroatoms. The van der Waals surface area contributed by atoms with Gasteiger partial charge >= 0.3 is 5.97 Å². The average molecular weight is 145 g/mol. The molecule has 0 unspecified atom stereocenters. The van der Waals surface area contributed by atoms with Crippen molar-refractivity contribution in [2.24, 2.45) is 5.73 Å². The zero-order valence-corrected chi connectivity index (χ0v) is 5.62. The van der Waals surface area contributed by atoms with Crippen LogP contribution in [0, 0.1) is 0 Å². The molecular weight excluding hydrogens is 134 g/mol. The van der Waals surface area contributed by atoms with Crippen LogP contribution in [0.25, 0.3) is 0 Å². The number of carboxylic acids is 1. The third kappa shape index (κ3) is 1.68. The molecule has 4 nitrogen and oxygen atoms in total. The zero-order valence-electron chi connectivity index (χ0n) is 5.62. The molecule has 1 heterocycles. The first-order valence-corrected chi connectivity index (χ1v) is 3.30. The van der Waals surface area contributed by atoms with Gasteiger partial charge in [-0.15, -0.1) is 0 Å². The van der Waals surface area contributed by atoms with Gasteiger partial charge in [-0.3, -0.25) is 0 Å². The molecule has 0 aliphatic carbocycles. The van der Waals surface area contributed by atoms with Gasteiger partial charge in [-0.25, -0.2) is 4.79 Å². The Balaban J connectivity index is 2.33. The van der Waals surface area contributed by atoms with Gasteiger partial charge < -0.3 is 15.6 Å². The Kier molecular flexibility index (Phi) is 2.24. The second kappa shape index (κ2) is 2.98. The van der Waals surface area contributed by atoms with Crippen LogP contribution in [0.2, 0.25) is 0 Å². The maximum absolute atomic E-state index is 10.3. The van der Waals surface area contributed by atoms with Crippen LogP contribution < -0.4 is 5.73 Å². The minimum atomic E-state index is -0.882. The largest absolute Gasteiger partial charge is 0.479 e. The Hall–Kier alpha value is -0.610. The van der Waals surface area contributed by atoms with E-state index >= 15 is 0 Å². The Morgan fingerprint density at radius 1 is 1.60 bits per heavy atom. The van der Waals surface area contributed by atoms with E-state index in [9.17, 15) is 4.79 Å². The van der Waals surface area contributed by atoms with Gasteiger partial charge in [0, 0.05) is 6.04 Å². The second-order valence-corrected chi connectivity index (χ2v) is 2.50. The van der Waals surface area contributed by atoms with Crippen molar-refractivity contribution in [3.63, 3.8) is 0 Å². The van der Waals surface area contributed by atoms with Crippen LogP contribution in [0.1, 0.15) is 12.8 Å². The monoisotopic (exact) mass is 145 g/mol. The molecule has 0 radical (unpaired) electrons. The van der Waals surface area contributed by atoms with Crippen LogP contribution in [0.3, 0.4) is 0 Å². The average Bonchev–Trinajstić information content (AvgIpc) is 1.88. The molecular formula is C6H11NO3. The fourth-order valence-corrected chi connectivity index (χ4v) is 0.967. The van der Waals surface area contributed by atoms with Gasteiger partial charge in [0.25, 0.3) is 0 Å². The van der Waals surface area contributed by atoms with Crippen LogP contribution in [0.5, 0.6) is 0 Å². The van der Waals surface area contributed by atoms with E-state index < -0.39 is 12.1 Å². The molecule has 0 amide bonds. The fourth-order valence-electron chi connectivity index (χ4n) is 0.967. The number of nitrogens with two attached hydrogens (primary N) is 1. The molecule has 0 spiro atoms. The first-order valence-electron chi connectivity index (χ1n) is 3.30. The quantitative estimate of drug-likeness (QED) is 0.525. The Morgan fingerprint density at radius 3 is 2.70 bits per heavy atom. The van der Waals surface area contributed by atoms with Crippen molar-refractivity contribution in [3.8, 4) is 0 Å². The first-order chi connectivity index (χ1) is 4.70. The minimum Gasteiger partial charge on any atom is -0.479 e. The smallest absolute Gasteiger partial charge is 0.332 e. The predicted molar refractivity (Wildman–Crippen MR) is 34.6 cm³/mol. The summed E-state index contributed by atoms with van der Waals surface area (Å²) in [5.41, 5.74) is 5.48. The van der Waals surface area contributed by atoms with Gasteiger partial charge in [0.2, 0.25) is 0 Å². The van der Waals surface area contributed by atoms with E-state index in [1.54, 1.807) is 0 Å². The molecule has 0 aromatic rings. The highest BCUT2D eigenvalue weighted by Gasteiger charge is 2.24. The van der Waals surface area contributed by atoms with E-state index in [0.29, 0.717) is 13.0 Å². The first kappa shape index (κ1) is 7.50. The van der Waals surface area contributed by atoms with Crippen molar-refractivity contribution in [1.82, 2.24) is 0 Å². The van der Waals surface area contributed by atoms with Crippen LogP contribution in [-0.4, -0.2) is 29.8 Å². The van der Waals surface area contributed by atoms with E-state index in [0.717, 1.165) is 6.42 Å². The summed E-state index contributed by atoms with van der Waals surface area (Å²) in [5, 5.41) is 8.46. The highest BCUT2D eigenvalue weighted by Crippen LogP contribution is 2.11. The summed E-state index contributed by atoms with van der Waals surface area (Å²) in [4.78, 5) is 10.3. The van der Waals surface area contributed by atoms with E-state index in [-0.39, 0.29) is 6.04 Å². The molecule has 0 bridgehead atoms. The lowest BCUT2D eigenvalue weighted by Crippen LogP contribution is -2.38. The van der Waals surface area contributed by atoms with Gasteiger partial charge in [-0.05, 0) is 12.8 Å². The molecule has 1 rings (SSSR count). The van der Waals surface area contributed by atoms with Crippen molar-refractivity contribution in [1.29, 1.82) is 0 Å².